The van der Waals surface area contributed by atoms with Crippen LogP contribution in [0, 0.1) is 13.8 Å². The van der Waals surface area contributed by atoms with Crippen LogP contribution in [0.4, 0.5) is 0 Å². The molecule has 10 heteroatoms. The molecular formula is C25H28N6O3S. The molecule has 4 aromatic rings. The molecule has 1 atom stereocenters. The van der Waals surface area contributed by atoms with E-state index in [-0.39, 0.29) is 11.3 Å². The Morgan fingerprint density at radius 2 is 1.80 bits per heavy atom. The number of hydrogen-bond acceptors (Lipinski definition) is 8. The number of benzene rings is 2. The fraction of sp³-hybridized carbons (Fsp3) is 0.320. The zero-order chi connectivity index (χ0) is 24.9. The highest BCUT2D eigenvalue weighted by Crippen LogP contribution is 2.33. The smallest absolute Gasteiger partial charge is 0.358 e. The van der Waals surface area contributed by atoms with Crippen molar-refractivity contribution in [3.05, 3.63) is 65.6 Å². The molecule has 2 heterocycles. The van der Waals surface area contributed by atoms with Gasteiger partial charge >= 0.3 is 5.24 Å². The lowest BCUT2D eigenvalue weighted by molar-refractivity contribution is 0.137. The first-order valence-electron chi connectivity index (χ1n) is 11.3. The number of tetrazole rings is 1. The van der Waals surface area contributed by atoms with Crippen LogP contribution < -0.4 is 9.47 Å². The van der Waals surface area contributed by atoms with Crippen LogP contribution in [0.3, 0.4) is 0 Å². The normalized spacial score (nSPS) is 11.8. The summed E-state index contributed by atoms with van der Waals surface area (Å²) in [7, 11) is 3.65. The van der Waals surface area contributed by atoms with Crippen molar-refractivity contribution in [2.24, 2.45) is 14.1 Å². The molecular weight excluding hydrogens is 464 g/mol. The van der Waals surface area contributed by atoms with Gasteiger partial charge in [0.2, 0.25) is 11.7 Å². The van der Waals surface area contributed by atoms with E-state index in [2.05, 4.69) is 22.3 Å². The molecule has 0 aliphatic carbocycles. The number of aryl methyl sites for hydroxylation is 4. The van der Waals surface area contributed by atoms with E-state index >= 15 is 0 Å². The fourth-order valence-corrected chi connectivity index (χ4v) is 3.99. The molecule has 0 radical (unpaired) electrons. The van der Waals surface area contributed by atoms with Gasteiger partial charge in [0, 0.05) is 24.8 Å². The predicted molar refractivity (Wildman–Crippen MR) is 135 cm³/mol. The lowest BCUT2D eigenvalue weighted by atomic mass is 10.1. The minimum Gasteiger partial charge on any atom is -0.445 e. The molecule has 2 aromatic heterocycles. The summed E-state index contributed by atoms with van der Waals surface area (Å²) in [4.78, 5) is 6.15. The minimum atomic E-state index is -0.370. The van der Waals surface area contributed by atoms with Crippen LogP contribution in [0.25, 0.3) is 11.4 Å². The highest BCUT2D eigenvalue weighted by molar-refractivity contribution is 7.79. The standard InChI is InChI=1S/C25H28N6O3S/c1-6-10-20(33-25(35)32-19-11-8-7-9-12-19)24-26-21(15-30(24)4)34-22-16(2)13-18(14-17(22)3)23-27-29-31(5)28-23/h7-9,11-15,20H,6,10H2,1-5H3. The third-order valence-corrected chi connectivity index (χ3v) is 5.52. The molecule has 35 heavy (non-hydrogen) atoms. The van der Waals surface area contributed by atoms with E-state index in [1.807, 2.05) is 74.1 Å². The quantitative estimate of drug-likeness (QED) is 0.309. The minimum absolute atomic E-state index is 0.0556. The van der Waals surface area contributed by atoms with Crippen molar-refractivity contribution in [3.63, 3.8) is 0 Å². The summed E-state index contributed by atoms with van der Waals surface area (Å²) in [5, 5.41) is 12.3. The van der Waals surface area contributed by atoms with Gasteiger partial charge in [0.05, 0.1) is 13.2 Å². The van der Waals surface area contributed by atoms with Gasteiger partial charge in [-0.3, -0.25) is 0 Å². The summed E-state index contributed by atoms with van der Waals surface area (Å²) >= 11 is 5.34. The van der Waals surface area contributed by atoms with E-state index in [1.165, 1.54) is 4.80 Å². The summed E-state index contributed by atoms with van der Waals surface area (Å²) in [6.07, 6.45) is 3.07. The van der Waals surface area contributed by atoms with E-state index in [4.69, 9.17) is 31.4 Å². The molecule has 4 rings (SSSR count). The Morgan fingerprint density at radius 1 is 1.09 bits per heavy atom. The van der Waals surface area contributed by atoms with Crippen molar-refractivity contribution in [3.8, 4) is 28.8 Å². The summed E-state index contributed by atoms with van der Waals surface area (Å²) < 4.78 is 19.8. The fourth-order valence-electron chi connectivity index (χ4n) is 3.77. The van der Waals surface area contributed by atoms with Gasteiger partial charge in [0.15, 0.2) is 11.9 Å². The van der Waals surface area contributed by atoms with E-state index in [1.54, 1.807) is 7.05 Å². The lowest BCUT2D eigenvalue weighted by Gasteiger charge is -2.18. The molecule has 0 aliphatic heterocycles. The van der Waals surface area contributed by atoms with Crippen LogP contribution in [-0.4, -0.2) is 35.0 Å². The number of nitrogens with zero attached hydrogens (tertiary/aromatic N) is 6. The van der Waals surface area contributed by atoms with Crippen molar-refractivity contribution in [2.75, 3.05) is 0 Å². The Kier molecular flexibility index (Phi) is 7.40. The van der Waals surface area contributed by atoms with Gasteiger partial charge in [0.25, 0.3) is 0 Å². The van der Waals surface area contributed by atoms with Crippen molar-refractivity contribution in [1.29, 1.82) is 0 Å². The first-order valence-corrected chi connectivity index (χ1v) is 11.7. The Bertz CT molecular complexity index is 1290. The number of thiocarbonyl (C=S) groups is 1. The molecule has 1 unspecified atom stereocenters. The third-order valence-electron chi connectivity index (χ3n) is 5.35. The van der Waals surface area contributed by atoms with Gasteiger partial charge in [0.1, 0.15) is 11.5 Å². The van der Waals surface area contributed by atoms with Crippen LogP contribution in [0.5, 0.6) is 17.4 Å². The number of rotatable bonds is 8. The largest absolute Gasteiger partial charge is 0.445 e. The third kappa shape index (κ3) is 5.83. The van der Waals surface area contributed by atoms with Crippen LogP contribution in [0.1, 0.15) is 42.8 Å². The van der Waals surface area contributed by atoms with Crippen LogP contribution in [0.2, 0.25) is 0 Å². The van der Waals surface area contributed by atoms with Gasteiger partial charge < -0.3 is 18.8 Å². The molecule has 0 amide bonds. The second-order valence-corrected chi connectivity index (χ2v) is 8.59. The van der Waals surface area contributed by atoms with Crippen molar-refractivity contribution in [2.45, 2.75) is 39.7 Å². The Labute approximate surface area is 209 Å². The predicted octanol–water partition coefficient (Wildman–Crippen LogP) is 5.24. The van der Waals surface area contributed by atoms with Crippen molar-refractivity contribution < 1.29 is 14.2 Å². The van der Waals surface area contributed by atoms with Crippen LogP contribution in [0.15, 0.2) is 48.7 Å². The number of ether oxygens (including phenoxy) is 3. The number of hydrogen-bond donors (Lipinski definition) is 0. The molecule has 2 aromatic carbocycles. The molecule has 0 fully saturated rings. The molecule has 0 aliphatic rings. The van der Waals surface area contributed by atoms with E-state index < -0.39 is 0 Å². The molecule has 9 nitrogen and oxygen atoms in total. The average molecular weight is 493 g/mol. The Balaban J connectivity index is 1.52. The highest BCUT2D eigenvalue weighted by atomic mass is 32.1. The summed E-state index contributed by atoms with van der Waals surface area (Å²) in [5.41, 5.74) is 2.77. The Hall–Kier alpha value is -3.79. The molecule has 0 bridgehead atoms. The average Bonchev–Trinajstić information content (AvgIpc) is 3.41. The summed E-state index contributed by atoms with van der Waals surface area (Å²) in [6.45, 7) is 6.04. The van der Waals surface area contributed by atoms with Gasteiger partial charge in [-0.2, -0.15) is 9.78 Å². The zero-order valence-electron chi connectivity index (χ0n) is 20.4. The molecule has 0 N–H and O–H groups in total. The first kappa shape index (κ1) is 24.3. The lowest BCUT2D eigenvalue weighted by Crippen LogP contribution is -2.17. The molecule has 182 valence electrons. The van der Waals surface area contributed by atoms with Crippen LogP contribution >= 0.6 is 12.2 Å². The second-order valence-electron chi connectivity index (χ2n) is 8.25. The maximum absolute atomic E-state index is 6.21. The zero-order valence-corrected chi connectivity index (χ0v) is 21.2. The van der Waals surface area contributed by atoms with E-state index in [0.29, 0.717) is 23.3 Å². The number of imidazole rings is 1. The first-order chi connectivity index (χ1) is 16.8. The van der Waals surface area contributed by atoms with Crippen molar-refractivity contribution >= 4 is 17.5 Å². The van der Waals surface area contributed by atoms with Crippen molar-refractivity contribution in [1.82, 2.24) is 29.8 Å². The van der Waals surface area contributed by atoms with E-state index in [9.17, 15) is 0 Å². The second kappa shape index (κ2) is 10.6. The highest BCUT2D eigenvalue weighted by Gasteiger charge is 2.22. The molecule has 0 saturated carbocycles. The summed E-state index contributed by atoms with van der Waals surface area (Å²) in [6, 6.07) is 13.3. The van der Waals surface area contributed by atoms with Gasteiger partial charge in [-0.05, 0) is 60.9 Å². The molecule has 0 spiro atoms. The van der Waals surface area contributed by atoms with Gasteiger partial charge in [-0.25, -0.2) is 0 Å². The topological polar surface area (TPSA) is 89.1 Å². The SMILES string of the molecule is CCCC(OC(=S)Oc1ccccc1)c1nc(Oc2c(C)cc(-c3nnn(C)n3)cc2C)cn1C. The number of para-hydroxylation sites is 1. The van der Waals surface area contributed by atoms with Gasteiger partial charge in [-0.1, -0.05) is 31.5 Å². The van der Waals surface area contributed by atoms with E-state index in [0.717, 1.165) is 35.3 Å². The van der Waals surface area contributed by atoms with Gasteiger partial charge in [-0.15, -0.1) is 10.2 Å². The number of aromatic nitrogens is 6. The Morgan fingerprint density at radius 3 is 2.43 bits per heavy atom. The monoisotopic (exact) mass is 492 g/mol. The molecule has 0 saturated heterocycles. The maximum atomic E-state index is 6.21. The maximum Gasteiger partial charge on any atom is 0.358 e. The summed E-state index contributed by atoms with van der Waals surface area (Å²) in [5.74, 6) is 3.11. The van der Waals surface area contributed by atoms with Crippen LogP contribution in [-0.2, 0) is 18.8 Å².